The van der Waals surface area contributed by atoms with Gasteiger partial charge in [-0.1, -0.05) is 13.2 Å². The van der Waals surface area contributed by atoms with Crippen LogP contribution in [-0.4, -0.2) is 23.8 Å². The van der Waals surface area contributed by atoms with Gasteiger partial charge < -0.3 is 0 Å². The maximum atomic E-state index is 11.0. The summed E-state index contributed by atoms with van der Waals surface area (Å²) in [7, 11) is 1.39. The summed E-state index contributed by atoms with van der Waals surface area (Å²) in [6.45, 7) is 8.22. The molecule has 0 aliphatic carbocycles. The van der Waals surface area contributed by atoms with Gasteiger partial charge in [0.25, 0.3) is 11.8 Å². The number of likely N-dealkylation sites (N-methyl/N-ethyl adjacent to an activating group) is 1. The van der Waals surface area contributed by atoms with Crippen molar-refractivity contribution in [3.63, 3.8) is 0 Å². The quantitative estimate of drug-likeness (QED) is 0.548. The molecule has 60 valence electrons. The lowest BCUT2D eigenvalue weighted by Crippen LogP contribution is -2.31. The summed E-state index contributed by atoms with van der Waals surface area (Å²) in [6.07, 6.45) is 1.08. The minimum Gasteiger partial charge on any atom is -0.278 e. The predicted octanol–water partition coefficient (Wildman–Crippen LogP) is 0.733. The summed E-state index contributed by atoms with van der Waals surface area (Å²) in [5, 5.41) is 0. The van der Waals surface area contributed by atoms with Gasteiger partial charge in [-0.2, -0.15) is 0 Å². The van der Waals surface area contributed by atoms with Crippen LogP contribution in [0.2, 0.25) is 0 Å². The Kier molecular flexibility index (Phi) is 3.24. The summed E-state index contributed by atoms with van der Waals surface area (Å²) < 4.78 is 0. The Hall–Kier alpha value is -1.38. The van der Waals surface area contributed by atoms with Crippen LogP contribution >= 0.6 is 0 Å². The summed E-state index contributed by atoms with van der Waals surface area (Å²) in [4.78, 5) is 22.8. The molecule has 0 N–H and O–H groups in total. The standard InChI is InChI=1S/C8H11NO2/c1-5-7(10)9(4)8(11)6(2)3/h5H,1-2H2,3-4H3. The fourth-order valence-electron chi connectivity index (χ4n) is 0.523. The van der Waals surface area contributed by atoms with Crippen molar-refractivity contribution >= 4 is 11.8 Å². The molecule has 0 fully saturated rings. The molecule has 0 aromatic heterocycles. The third-order valence-corrected chi connectivity index (χ3v) is 1.17. The number of amides is 2. The van der Waals surface area contributed by atoms with E-state index in [0.717, 1.165) is 11.0 Å². The van der Waals surface area contributed by atoms with E-state index in [0.29, 0.717) is 5.57 Å². The van der Waals surface area contributed by atoms with Crippen LogP contribution in [0.25, 0.3) is 0 Å². The Morgan fingerprint density at radius 1 is 1.45 bits per heavy atom. The Morgan fingerprint density at radius 3 is 2.18 bits per heavy atom. The first-order valence-electron chi connectivity index (χ1n) is 3.10. The van der Waals surface area contributed by atoms with Gasteiger partial charge in [0.15, 0.2) is 0 Å². The molecule has 0 aromatic carbocycles. The summed E-state index contributed by atoms with van der Waals surface area (Å²) in [5.41, 5.74) is 0.336. The van der Waals surface area contributed by atoms with E-state index in [2.05, 4.69) is 13.2 Å². The zero-order valence-electron chi connectivity index (χ0n) is 6.76. The summed E-state index contributed by atoms with van der Waals surface area (Å²) >= 11 is 0. The van der Waals surface area contributed by atoms with Gasteiger partial charge in [-0.15, -0.1) is 0 Å². The minimum atomic E-state index is -0.419. The largest absolute Gasteiger partial charge is 0.278 e. The average Bonchev–Trinajstić information content (AvgIpc) is 2.00. The Bertz CT molecular complexity index is 218. The van der Waals surface area contributed by atoms with E-state index in [9.17, 15) is 9.59 Å². The lowest BCUT2D eigenvalue weighted by molar-refractivity contribution is -0.137. The number of imide groups is 1. The van der Waals surface area contributed by atoms with E-state index in [-0.39, 0.29) is 5.91 Å². The van der Waals surface area contributed by atoms with Crippen LogP contribution in [0, 0.1) is 0 Å². The van der Waals surface area contributed by atoms with Crippen molar-refractivity contribution in [3.05, 3.63) is 24.8 Å². The van der Waals surface area contributed by atoms with Gasteiger partial charge >= 0.3 is 0 Å². The molecule has 3 nitrogen and oxygen atoms in total. The van der Waals surface area contributed by atoms with Gasteiger partial charge in [-0.05, 0) is 13.0 Å². The fraction of sp³-hybridized carbons (Fsp3) is 0.250. The van der Waals surface area contributed by atoms with Crippen molar-refractivity contribution in [3.8, 4) is 0 Å². The molecule has 0 bridgehead atoms. The monoisotopic (exact) mass is 153 g/mol. The first-order valence-corrected chi connectivity index (χ1v) is 3.10. The maximum absolute atomic E-state index is 11.0. The number of carbonyl (C=O) groups is 2. The van der Waals surface area contributed by atoms with Crippen LogP contribution in [0.15, 0.2) is 24.8 Å². The molecule has 0 aliphatic rings. The highest BCUT2D eigenvalue weighted by molar-refractivity contribution is 6.06. The van der Waals surface area contributed by atoms with Crippen LogP contribution in [-0.2, 0) is 9.59 Å². The molecule has 0 radical (unpaired) electrons. The van der Waals surface area contributed by atoms with Gasteiger partial charge in [0.2, 0.25) is 0 Å². The first-order chi connectivity index (χ1) is 5.00. The average molecular weight is 153 g/mol. The van der Waals surface area contributed by atoms with Crippen LogP contribution < -0.4 is 0 Å². The molecular formula is C8H11NO2. The molecule has 0 aliphatic heterocycles. The van der Waals surface area contributed by atoms with Gasteiger partial charge in [0.1, 0.15) is 0 Å². The van der Waals surface area contributed by atoms with E-state index in [1.807, 2.05) is 0 Å². The minimum absolute atomic E-state index is 0.336. The molecule has 0 unspecified atom stereocenters. The molecule has 2 amide bonds. The zero-order valence-corrected chi connectivity index (χ0v) is 6.76. The molecule has 0 atom stereocenters. The van der Waals surface area contributed by atoms with Crippen molar-refractivity contribution in [2.24, 2.45) is 0 Å². The van der Waals surface area contributed by atoms with Gasteiger partial charge in [0, 0.05) is 12.6 Å². The maximum Gasteiger partial charge on any atom is 0.255 e. The molecule has 0 saturated carbocycles. The topological polar surface area (TPSA) is 37.4 Å². The van der Waals surface area contributed by atoms with E-state index in [4.69, 9.17) is 0 Å². The van der Waals surface area contributed by atoms with Crippen LogP contribution in [0.3, 0.4) is 0 Å². The summed E-state index contributed by atoms with van der Waals surface area (Å²) in [5.74, 6) is -0.798. The lowest BCUT2D eigenvalue weighted by atomic mass is 10.3. The van der Waals surface area contributed by atoms with E-state index in [1.54, 1.807) is 6.92 Å². The van der Waals surface area contributed by atoms with Crippen molar-refractivity contribution in [1.82, 2.24) is 4.90 Å². The third kappa shape index (κ3) is 2.37. The van der Waals surface area contributed by atoms with Gasteiger partial charge in [-0.3, -0.25) is 14.5 Å². The normalized spacial score (nSPS) is 8.55. The van der Waals surface area contributed by atoms with Crippen molar-refractivity contribution < 1.29 is 9.59 Å². The second-order valence-electron chi connectivity index (χ2n) is 2.19. The van der Waals surface area contributed by atoms with Crippen molar-refractivity contribution in [2.45, 2.75) is 6.92 Å². The fourth-order valence-corrected chi connectivity index (χ4v) is 0.523. The highest BCUT2D eigenvalue weighted by Gasteiger charge is 2.13. The number of hydrogen-bond donors (Lipinski definition) is 0. The Balaban J connectivity index is 4.36. The second kappa shape index (κ2) is 3.71. The van der Waals surface area contributed by atoms with E-state index < -0.39 is 5.91 Å². The van der Waals surface area contributed by atoms with E-state index in [1.165, 1.54) is 7.05 Å². The number of nitrogens with zero attached hydrogens (tertiary/aromatic N) is 1. The molecule has 0 saturated heterocycles. The molecule has 0 spiro atoms. The predicted molar refractivity (Wildman–Crippen MR) is 42.8 cm³/mol. The van der Waals surface area contributed by atoms with Crippen molar-refractivity contribution in [2.75, 3.05) is 7.05 Å². The molecule has 0 rings (SSSR count). The molecule has 0 heterocycles. The first kappa shape index (κ1) is 9.62. The highest BCUT2D eigenvalue weighted by Crippen LogP contribution is 1.96. The Morgan fingerprint density at radius 2 is 1.91 bits per heavy atom. The number of rotatable bonds is 2. The highest BCUT2D eigenvalue weighted by atomic mass is 16.2. The van der Waals surface area contributed by atoms with Crippen LogP contribution in [0.4, 0.5) is 0 Å². The SMILES string of the molecule is C=CC(=O)N(C)C(=O)C(=C)C. The lowest BCUT2D eigenvalue weighted by Gasteiger charge is -2.11. The smallest absolute Gasteiger partial charge is 0.255 e. The van der Waals surface area contributed by atoms with Crippen molar-refractivity contribution in [1.29, 1.82) is 0 Å². The Labute approximate surface area is 66.0 Å². The van der Waals surface area contributed by atoms with Gasteiger partial charge in [-0.25, -0.2) is 0 Å². The third-order valence-electron chi connectivity index (χ3n) is 1.17. The molecular weight excluding hydrogens is 142 g/mol. The van der Waals surface area contributed by atoms with E-state index >= 15 is 0 Å². The molecule has 3 heteroatoms. The molecule has 11 heavy (non-hydrogen) atoms. The number of carbonyl (C=O) groups excluding carboxylic acids is 2. The van der Waals surface area contributed by atoms with Gasteiger partial charge in [0.05, 0.1) is 0 Å². The summed E-state index contributed by atoms with van der Waals surface area (Å²) in [6, 6.07) is 0. The van der Waals surface area contributed by atoms with Crippen LogP contribution in [0.5, 0.6) is 0 Å². The van der Waals surface area contributed by atoms with Crippen LogP contribution in [0.1, 0.15) is 6.92 Å². The molecule has 0 aromatic rings. The number of hydrogen-bond acceptors (Lipinski definition) is 2. The zero-order chi connectivity index (χ0) is 9.02. The second-order valence-corrected chi connectivity index (χ2v) is 2.19.